The van der Waals surface area contributed by atoms with Crippen molar-refractivity contribution in [2.24, 2.45) is 38.9 Å². The van der Waals surface area contributed by atoms with Gasteiger partial charge in [-0.05, 0) is 72.8 Å². The Morgan fingerprint density at radius 2 is 1.89 bits per heavy atom. The summed E-state index contributed by atoms with van der Waals surface area (Å²) in [5, 5.41) is 15.5. The molecule has 2 bridgehead atoms. The molecule has 4 unspecified atom stereocenters. The number of aliphatic hydroxyl groups excluding tert-OH is 1. The zero-order chi connectivity index (χ0) is 31.5. The van der Waals surface area contributed by atoms with E-state index in [9.17, 15) is 14.7 Å². The topological polar surface area (TPSA) is 75.6 Å². The van der Waals surface area contributed by atoms with Crippen LogP contribution in [0.1, 0.15) is 85.1 Å². The van der Waals surface area contributed by atoms with Gasteiger partial charge < -0.3 is 15.2 Å². The van der Waals surface area contributed by atoms with Gasteiger partial charge in [-0.2, -0.15) is 0 Å². The smallest absolute Gasteiger partial charge is 0.316 e. The van der Waals surface area contributed by atoms with E-state index in [0.717, 1.165) is 50.1 Å². The third-order valence-corrected chi connectivity index (χ3v) is 14.7. The highest BCUT2D eigenvalue weighted by molar-refractivity contribution is 8.03. The minimum Gasteiger partial charge on any atom is -0.461 e. The second kappa shape index (κ2) is 11.3. The molecule has 0 aliphatic heterocycles. The van der Waals surface area contributed by atoms with Crippen molar-refractivity contribution < 1.29 is 19.4 Å². The number of rotatable bonds is 9. The van der Waals surface area contributed by atoms with Crippen LogP contribution in [0.3, 0.4) is 0 Å². The van der Waals surface area contributed by atoms with E-state index < -0.39 is 17.6 Å². The average Bonchev–Trinajstić information content (AvgIpc) is 3.16. The first-order valence-electron chi connectivity index (χ1n) is 16.7. The molecule has 0 saturated heterocycles. The second-order valence-corrected chi connectivity index (χ2v) is 16.4. The van der Waals surface area contributed by atoms with Gasteiger partial charge in [0.15, 0.2) is 0 Å². The van der Waals surface area contributed by atoms with Gasteiger partial charge in [-0.25, -0.2) is 0 Å². The van der Waals surface area contributed by atoms with Crippen molar-refractivity contribution in [3.63, 3.8) is 0 Å². The number of hydrogen-bond donors (Lipinski definition) is 2. The summed E-state index contributed by atoms with van der Waals surface area (Å²) >= 11 is 1.55. The summed E-state index contributed by atoms with van der Waals surface area (Å²) in [6, 6.07) is 10.4. The van der Waals surface area contributed by atoms with E-state index in [-0.39, 0.29) is 45.2 Å². The molecule has 0 heterocycles. The van der Waals surface area contributed by atoms with E-state index in [1.165, 1.54) is 11.1 Å². The van der Waals surface area contributed by atoms with Crippen LogP contribution in [-0.4, -0.2) is 41.4 Å². The van der Waals surface area contributed by atoms with Crippen LogP contribution in [0.15, 0.2) is 65.6 Å². The number of nitrogens with one attached hydrogen (secondary N) is 1. The number of thioether (sulfide) groups is 1. The summed E-state index contributed by atoms with van der Waals surface area (Å²) in [6.07, 6.45) is 10.9. The van der Waals surface area contributed by atoms with Gasteiger partial charge in [-0.3, -0.25) is 9.59 Å². The maximum atomic E-state index is 13.7. The molecule has 6 rings (SSSR count). The van der Waals surface area contributed by atoms with Crippen molar-refractivity contribution in [3.05, 3.63) is 71.2 Å². The minimum absolute atomic E-state index is 0.0231. The molecular formula is C38H51NO4S. The molecule has 5 nitrogen and oxygen atoms in total. The number of Topliss-reactive ketones (excluding diaryl/α,β-unsaturated/α-hetero) is 1. The van der Waals surface area contributed by atoms with Crippen LogP contribution in [0.25, 0.3) is 0 Å². The number of ether oxygens (including phenoxy) is 1. The molecule has 0 amide bonds. The van der Waals surface area contributed by atoms with Gasteiger partial charge in [0, 0.05) is 40.7 Å². The van der Waals surface area contributed by atoms with Gasteiger partial charge in [0.2, 0.25) is 0 Å². The highest BCUT2D eigenvalue weighted by Crippen LogP contribution is 2.89. The lowest BCUT2D eigenvalue weighted by Crippen LogP contribution is -2.77. The third kappa shape index (κ3) is 4.41. The first-order chi connectivity index (χ1) is 20.9. The van der Waals surface area contributed by atoms with E-state index in [1.54, 1.807) is 11.8 Å². The Labute approximate surface area is 268 Å². The van der Waals surface area contributed by atoms with Crippen LogP contribution in [0.4, 0.5) is 0 Å². The van der Waals surface area contributed by atoms with Gasteiger partial charge >= 0.3 is 5.97 Å². The summed E-state index contributed by atoms with van der Waals surface area (Å²) in [5.74, 6) is 0.644. The fourth-order valence-corrected chi connectivity index (χ4v) is 11.8. The predicted octanol–water partition coefficient (Wildman–Crippen LogP) is 7.41. The minimum atomic E-state index is -0.620. The quantitative estimate of drug-likeness (QED) is 0.222. The van der Waals surface area contributed by atoms with Crippen LogP contribution in [0.2, 0.25) is 0 Å². The van der Waals surface area contributed by atoms with Crippen LogP contribution in [0, 0.1) is 38.9 Å². The van der Waals surface area contributed by atoms with Crippen molar-refractivity contribution >= 4 is 23.5 Å². The molecule has 4 saturated carbocycles. The van der Waals surface area contributed by atoms with Crippen molar-refractivity contribution in [1.29, 1.82) is 0 Å². The molecule has 1 aromatic rings. The molecule has 9 atom stereocenters. The van der Waals surface area contributed by atoms with Gasteiger partial charge in [0.05, 0.1) is 11.9 Å². The third-order valence-electron chi connectivity index (χ3n) is 13.8. The van der Waals surface area contributed by atoms with Crippen molar-refractivity contribution in [3.8, 4) is 0 Å². The number of hydrogen-bond acceptors (Lipinski definition) is 6. The Morgan fingerprint density at radius 3 is 2.61 bits per heavy atom. The average molecular weight is 618 g/mol. The first kappa shape index (κ1) is 31.8. The summed E-state index contributed by atoms with van der Waals surface area (Å²) < 4.78 is 6.56. The normalized spacial score (nSPS) is 42.6. The maximum absolute atomic E-state index is 13.7. The molecule has 44 heavy (non-hydrogen) atoms. The molecule has 4 fully saturated rings. The second-order valence-electron chi connectivity index (χ2n) is 15.3. The molecular weight excluding hydrogens is 566 g/mol. The van der Waals surface area contributed by atoms with Gasteiger partial charge in [0.1, 0.15) is 11.9 Å². The summed E-state index contributed by atoms with van der Waals surface area (Å²) in [5.41, 5.74) is 0.757. The zero-order valence-electron chi connectivity index (χ0n) is 27.3. The number of carbonyl (C=O) groups excluding carboxylic acids is 2. The fourth-order valence-electron chi connectivity index (χ4n) is 11.0. The Balaban J connectivity index is 1.19. The molecule has 1 aromatic carbocycles. The molecule has 238 valence electrons. The van der Waals surface area contributed by atoms with E-state index in [1.807, 2.05) is 12.1 Å². The van der Waals surface area contributed by atoms with Gasteiger partial charge in [-0.15, -0.1) is 18.3 Å². The molecule has 5 aliphatic carbocycles. The van der Waals surface area contributed by atoms with Crippen molar-refractivity contribution in [2.45, 2.75) is 98.3 Å². The lowest BCUT2D eigenvalue weighted by atomic mass is 9.25. The lowest BCUT2D eigenvalue weighted by Gasteiger charge is -2.78. The lowest BCUT2D eigenvalue weighted by molar-refractivity contribution is -0.311. The van der Waals surface area contributed by atoms with E-state index >= 15 is 0 Å². The number of benzene rings is 1. The standard InChI is InChI=1S/C38H51NO4S/c1-7-34(4)20-31(35(5)25(2)19-38-24-37(36(35,38)6,17-16-30(38)40)26(3)33(34)42)43-32(41)23-44-29-15-11-14-28(18-29)22-39-21-27-12-9-8-10-13-27/h7-10,12-13,15,18,25-26,31,33,39,42H,1,11,14,16-17,19-24H2,2-6H3/t25?,26-,31+,33-,34+,35-,36?,37?,38?/m0/s1. The predicted molar refractivity (Wildman–Crippen MR) is 178 cm³/mol. The summed E-state index contributed by atoms with van der Waals surface area (Å²) in [7, 11) is 0. The molecule has 5 aliphatic rings. The molecule has 2 N–H and O–H groups in total. The van der Waals surface area contributed by atoms with Crippen LogP contribution >= 0.6 is 11.8 Å². The number of aliphatic hydroxyl groups is 1. The van der Waals surface area contributed by atoms with Gasteiger partial charge in [0.25, 0.3) is 0 Å². The van der Waals surface area contributed by atoms with Gasteiger partial charge in [-0.1, -0.05) is 82.7 Å². The summed E-state index contributed by atoms with van der Waals surface area (Å²) in [4.78, 5) is 28.5. The monoisotopic (exact) mass is 617 g/mol. The first-order valence-corrected chi connectivity index (χ1v) is 17.7. The maximum Gasteiger partial charge on any atom is 0.316 e. The van der Waals surface area contributed by atoms with Crippen molar-refractivity contribution in [2.75, 3.05) is 12.3 Å². The number of ketones is 1. The van der Waals surface area contributed by atoms with Crippen LogP contribution < -0.4 is 5.32 Å². The van der Waals surface area contributed by atoms with E-state index in [0.29, 0.717) is 18.6 Å². The number of carbonyl (C=O) groups is 2. The van der Waals surface area contributed by atoms with E-state index in [4.69, 9.17) is 4.74 Å². The summed E-state index contributed by atoms with van der Waals surface area (Å²) in [6.45, 7) is 17.0. The molecule has 0 radical (unpaired) electrons. The van der Waals surface area contributed by atoms with Crippen molar-refractivity contribution in [1.82, 2.24) is 5.32 Å². The highest BCUT2D eigenvalue weighted by Gasteiger charge is 2.87. The Hall–Kier alpha value is -2.15. The Bertz CT molecular complexity index is 1390. The van der Waals surface area contributed by atoms with Crippen LogP contribution in [0.5, 0.6) is 0 Å². The SMILES string of the molecule is C=C[C@]1(C)C[C@@H](OC(=O)CSC2=CCCC(CNCc3ccccc3)=C2)[C@]2(C)C(C)CC34CC(CCC3=O)([C@@H](C)[C@@H]1O)C42C. The largest absolute Gasteiger partial charge is 0.461 e. The van der Waals surface area contributed by atoms with Crippen LogP contribution in [-0.2, 0) is 20.9 Å². The molecule has 6 heteroatoms. The highest BCUT2D eigenvalue weighted by atomic mass is 32.2. The zero-order valence-corrected chi connectivity index (χ0v) is 28.1. The Morgan fingerprint density at radius 1 is 1.14 bits per heavy atom. The van der Waals surface area contributed by atoms with E-state index in [2.05, 4.69) is 82.9 Å². The Kier molecular flexibility index (Phi) is 8.15. The number of esters is 1. The molecule has 2 spiro atoms. The number of allylic oxidation sites excluding steroid dienone is 2. The fraction of sp³-hybridized carbons (Fsp3) is 0.632. The molecule has 0 aromatic heterocycles.